The number of pyridine rings is 1. The normalized spacial score (nSPS) is 18.0. The van der Waals surface area contributed by atoms with Crippen molar-refractivity contribution < 1.29 is 27.4 Å². The summed E-state index contributed by atoms with van der Waals surface area (Å²) in [7, 11) is 1.51. The van der Waals surface area contributed by atoms with Crippen LogP contribution >= 0.6 is 0 Å². The maximum Gasteiger partial charge on any atom is 0.418 e. The lowest BCUT2D eigenvalue weighted by Gasteiger charge is -2.40. The molecule has 2 aromatic heterocycles. The molecule has 222 valence electrons. The van der Waals surface area contributed by atoms with Crippen LogP contribution in [-0.2, 0) is 10.9 Å². The molecule has 12 heteroatoms. The quantitative estimate of drug-likeness (QED) is 0.328. The van der Waals surface area contributed by atoms with Crippen molar-refractivity contribution in [1.82, 2.24) is 19.8 Å². The van der Waals surface area contributed by atoms with E-state index in [0.717, 1.165) is 51.8 Å². The van der Waals surface area contributed by atoms with Crippen molar-refractivity contribution in [2.24, 2.45) is 0 Å². The van der Waals surface area contributed by atoms with Gasteiger partial charge in [-0.15, -0.1) is 0 Å². The molecule has 2 saturated heterocycles. The van der Waals surface area contributed by atoms with Crippen LogP contribution in [-0.4, -0.2) is 84.3 Å². The van der Waals surface area contributed by atoms with Crippen LogP contribution in [0, 0.1) is 0 Å². The Kier molecular flexibility index (Phi) is 8.60. The molecule has 9 nitrogen and oxygen atoms in total. The van der Waals surface area contributed by atoms with E-state index < -0.39 is 11.7 Å². The summed E-state index contributed by atoms with van der Waals surface area (Å²) >= 11 is 0. The van der Waals surface area contributed by atoms with Crippen LogP contribution in [0.3, 0.4) is 0 Å². The Bertz CT molecular complexity index is 1360. The SMILES string of the molecule is CC[C@H](C)Nc1cc(Nc2ccc(C(=O)N3CCC(N4CCOCC4)CC3)cc2OC)nc2[nH]cc(C(F)(F)F)c12. The number of hydrogen-bond acceptors (Lipinski definition) is 7. The van der Waals surface area contributed by atoms with Gasteiger partial charge in [0.25, 0.3) is 5.91 Å². The van der Waals surface area contributed by atoms with E-state index in [1.807, 2.05) is 18.7 Å². The Morgan fingerprint density at radius 1 is 1.17 bits per heavy atom. The maximum atomic E-state index is 13.7. The molecule has 3 N–H and O–H groups in total. The number of likely N-dealkylation sites (tertiary alicyclic amines) is 1. The number of piperidine rings is 1. The molecule has 2 fully saturated rings. The summed E-state index contributed by atoms with van der Waals surface area (Å²) in [6.07, 6.45) is -0.998. The number of methoxy groups -OCH3 is 1. The van der Waals surface area contributed by atoms with E-state index in [0.29, 0.717) is 47.6 Å². The first-order valence-corrected chi connectivity index (χ1v) is 14.1. The zero-order chi connectivity index (χ0) is 29.1. The summed E-state index contributed by atoms with van der Waals surface area (Å²) < 4.78 is 52.1. The van der Waals surface area contributed by atoms with E-state index >= 15 is 0 Å². The number of halogens is 3. The number of carbonyl (C=O) groups excluding carboxylic acids is 1. The van der Waals surface area contributed by atoms with Gasteiger partial charge in [-0.2, -0.15) is 13.2 Å². The van der Waals surface area contributed by atoms with Gasteiger partial charge in [0, 0.05) is 61.8 Å². The number of anilines is 3. The summed E-state index contributed by atoms with van der Waals surface area (Å²) in [5, 5.41) is 6.34. The molecule has 2 aliphatic rings. The van der Waals surface area contributed by atoms with Crippen LogP contribution in [0.1, 0.15) is 49.0 Å². The highest BCUT2D eigenvalue weighted by Crippen LogP contribution is 2.40. The number of nitrogens with one attached hydrogen (secondary N) is 3. The Labute approximate surface area is 237 Å². The Morgan fingerprint density at radius 2 is 1.90 bits per heavy atom. The Hall–Kier alpha value is -3.51. The maximum absolute atomic E-state index is 13.7. The van der Waals surface area contributed by atoms with Crippen molar-refractivity contribution in [2.75, 3.05) is 57.1 Å². The number of alkyl halides is 3. The predicted molar refractivity (Wildman–Crippen MR) is 152 cm³/mol. The minimum absolute atomic E-state index is 0.00588. The number of hydrogen-bond donors (Lipinski definition) is 3. The van der Waals surface area contributed by atoms with Crippen LogP contribution in [0.4, 0.5) is 30.4 Å². The van der Waals surface area contributed by atoms with Crippen LogP contribution in [0.15, 0.2) is 30.5 Å². The van der Waals surface area contributed by atoms with Crippen molar-refractivity contribution in [1.29, 1.82) is 0 Å². The summed E-state index contributed by atoms with van der Waals surface area (Å²) in [6.45, 7) is 8.64. The number of nitrogens with zero attached hydrogens (tertiary/aromatic N) is 3. The Balaban J connectivity index is 1.34. The lowest BCUT2D eigenvalue weighted by molar-refractivity contribution is -0.136. The lowest BCUT2D eigenvalue weighted by atomic mass is 10.0. The molecule has 41 heavy (non-hydrogen) atoms. The van der Waals surface area contributed by atoms with Crippen molar-refractivity contribution in [3.8, 4) is 5.75 Å². The van der Waals surface area contributed by atoms with Gasteiger partial charge in [-0.05, 0) is 44.4 Å². The van der Waals surface area contributed by atoms with Crippen LogP contribution < -0.4 is 15.4 Å². The fourth-order valence-corrected chi connectivity index (χ4v) is 5.53. The molecule has 1 amide bonds. The first kappa shape index (κ1) is 29.0. The zero-order valence-corrected chi connectivity index (χ0v) is 23.6. The highest BCUT2D eigenvalue weighted by atomic mass is 19.4. The minimum Gasteiger partial charge on any atom is -0.495 e. The van der Waals surface area contributed by atoms with Crippen molar-refractivity contribution >= 4 is 34.1 Å². The number of ether oxygens (including phenoxy) is 2. The third-order valence-corrected chi connectivity index (χ3v) is 7.99. The highest BCUT2D eigenvalue weighted by Gasteiger charge is 2.35. The fourth-order valence-electron chi connectivity index (χ4n) is 5.53. The van der Waals surface area contributed by atoms with Gasteiger partial charge >= 0.3 is 6.18 Å². The van der Waals surface area contributed by atoms with E-state index in [9.17, 15) is 18.0 Å². The number of aromatic amines is 1. The molecule has 4 heterocycles. The molecule has 3 aromatic rings. The molecule has 1 atom stereocenters. The van der Waals surface area contributed by atoms with Gasteiger partial charge < -0.3 is 30.0 Å². The van der Waals surface area contributed by atoms with Crippen LogP contribution in [0.5, 0.6) is 5.75 Å². The third-order valence-electron chi connectivity index (χ3n) is 7.99. The van der Waals surface area contributed by atoms with E-state index in [2.05, 4.69) is 25.5 Å². The molecule has 0 aliphatic carbocycles. The van der Waals surface area contributed by atoms with Gasteiger partial charge in [0.05, 0.1) is 37.0 Å². The van der Waals surface area contributed by atoms with E-state index in [1.54, 1.807) is 24.3 Å². The second-order valence-electron chi connectivity index (χ2n) is 10.6. The molecular formula is C29H37F3N6O3. The highest BCUT2D eigenvalue weighted by molar-refractivity contribution is 5.97. The van der Waals surface area contributed by atoms with Gasteiger partial charge in [0.15, 0.2) is 0 Å². The van der Waals surface area contributed by atoms with Crippen molar-refractivity contribution in [3.63, 3.8) is 0 Å². The monoisotopic (exact) mass is 574 g/mol. The summed E-state index contributed by atoms with van der Waals surface area (Å²) in [6, 6.07) is 7.13. The number of amides is 1. The summed E-state index contributed by atoms with van der Waals surface area (Å²) in [4.78, 5) is 24.7. The number of morpholine rings is 1. The van der Waals surface area contributed by atoms with E-state index in [1.165, 1.54) is 7.11 Å². The second-order valence-corrected chi connectivity index (χ2v) is 10.6. The lowest BCUT2D eigenvalue weighted by Crippen LogP contribution is -2.50. The zero-order valence-electron chi connectivity index (χ0n) is 23.6. The average molecular weight is 575 g/mol. The smallest absolute Gasteiger partial charge is 0.418 e. The minimum atomic E-state index is -4.52. The molecule has 0 spiro atoms. The standard InChI is InChI=1S/C29H37F3N6O3/c1-4-18(2)34-23-16-25(36-27-26(23)21(17-33-27)29(30,31)32)35-22-6-5-19(15-24(22)40-3)28(39)38-9-7-20(8-10-38)37-11-13-41-14-12-37/h5-6,15-18,20H,4,7-14H2,1-3H3,(H3,33,34,35,36)/t18-/m0/s1. The van der Waals surface area contributed by atoms with Gasteiger partial charge in [0.2, 0.25) is 0 Å². The fraction of sp³-hybridized carbons (Fsp3) is 0.517. The molecule has 0 radical (unpaired) electrons. The number of carbonyl (C=O) groups is 1. The number of aromatic nitrogens is 2. The third kappa shape index (κ3) is 6.38. The molecule has 5 rings (SSSR count). The number of rotatable bonds is 8. The average Bonchev–Trinajstić information content (AvgIpc) is 3.43. The van der Waals surface area contributed by atoms with Gasteiger partial charge in [-0.1, -0.05) is 6.92 Å². The number of fused-ring (bicyclic) bond motifs is 1. The first-order chi connectivity index (χ1) is 19.7. The molecule has 2 aliphatic heterocycles. The van der Waals surface area contributed by atoms with Gasteiger partial charge in [-0.25, -0.2) is 4.98 Å². The van der Waals surface area contributed by atoms with E-state index in [4.69, 9.17) is 9.47 Å². The molecular weight excluding hydrogens is 537 g/mol. The summed E-state index contributed by atoms with van der Waals surface area (Å²) in [5.41, 5.74) is 0.718. The molecule has 0 bridgehead atoms. The van der Waals surface area contributed by atoms with Crippen LogP contribution in [0.2, 0.25) is 0 Å². The molecule has 0 saturated carbocycles. The topological polar surface area (TPSA) is 94.8 Å². The summed E-state index contributed by atoms with van der Waals surface area (Å²) in [5.74, 6) is 0.710. The second kappa shape index (κ2) is 12.2. The van der Waals surface area contributed by atoms with E-state index in [-0.39, 0.29) is 23.0 Å². The van der Waals surface area contributed by atoms with Crippen molar-refractivity contribution in [2.45, 2.75) is 51.4 Å². The van der Waals surface area contributed by atoms with Gasteiger partial charge in [0.1, 0.15) is 17.2 Å². The molecule has 0 unspecified atom stereocenters. The predicted octanol–water partition coefficient (Wildman–Crippen LogP) is 5.48. The number of H-pyrrole nitrogens is 1. The number of benzene rings is 1. The van der Waals surface area contributed by atoms with Crippen LogP contribution in [0.25, 0.3) is 11.0 Å². The largest absolute Gasteiger partial charge is 0.495 e. The van der Waals surface area contributed by atoms with Gasteiger partial charge in [-0.3, -0.25) is 9.69 Å². The first-order valence-electron chi connectivity index (χ1n) is 14.1. The molecule has 1 aromatic carbocycles. The Morgan fingerprint density at radius 3 is 2.56 bits per heavy atom. The van der Waals surface area contributed by atoms with Crippen molar-refractivity contribution in [3.05, 3.63) is 41.6 Å².